The number of ether oxygens (including phenoxy) is 3. The number of amides is 1. The van der Waals surface area contributed by atoms with E-state index in [1.165, 1.54) is 0 Å². The molecule has 0 fully saturated rings. The van der Waals surface area contributed by atoms with Crippen LogP contribution >= 0.6 is 0 Å². The molecule has 3 aromatic rings. The van der Waals surface area contributed by atoms with Crippen molar-refractivity contribution in [1.82, 2.24) is 15.0 Å². The first kappa shape index (κ1) is 21.3. The molecular weight excluding hydrogens is 386 g/mol. The van der Waals surface area contributed by atoms with E-state index in [0.29, 0.717) is 34.4 Å². The fourth-order valence-corrected chi connectivity index (χ4v) is 3.51. The molecule has 3 rings (SSSR count). The molecule has 0 saturated carbocycles. The topological polar surface area (TPSA) is 87.8 Å². The van der Waals surface area contributed by atoms with Crippen molar-refractivity contribution in [1.29, 1.82) is 0 Å². The Kier molecular flexibility index (Phi) is 6.05. The lowest BCUT2D eigenvalue weighted by Crippen LogP contribution is -2.27. The van der Waals surface area contributed by atoms with Gasteiger partial charge in [-0.2, -0.15) is 0 Å². The third kappa shape index (κ3) is 3.85. The van der Waals surface area contributed by atoms with E-state index >= 15 is 0 Å². The number of hydrogen-bond donors (Lipinski definition) is 1. The molecule has 0 aliphatic rings. The van der Waals surface area contributed by atoms with Crippen LogP contribution in [-0.2, 0) is 0 Å². The molecule has 2 aromatic heterocycles. The molecule has 0 spiro atoms. The molecule has 2 heterocycles. The quantitative estimate of drug-likeness (QED) is 0.632. The molecule has 1 amide bonds. The van der Waals surface area contributed by atoms with Crippen molar-refractivity contribution in [3.8, 4) is 23.1 Å². The molecule has 0 aliphatic heterocycles. The number of aryl methyl sites for hydroxylation is 2. The molecule has 1 N–H and O–H groups in total. The summed E-state index contributed by atoms with van der Waals surface area (Å²) < 4.78 is 23.3. The van der Waals surface area contributed by atoms with Gasteiger partial charge in [0, 0.05) is 17.5 Å². The second-order valence-electron chi connectivity index (χ2n) is 7.07. The average molecular weight is 413 g/mol. The summed E-state index contributed by atoms with van der Waals surface area (Å²) in [5, 5.41) is 7.10. The predicted octanol–water partition coefficient (Wildman–Crippen LogP) is 3.91. The molecule has 0 saturated heterocycles. The number of rotatable bonds is 7. The van der Waals surface area contributed by atoms with Gasteiger partial charge in [-0.3, -0.25) is 9.36 Å². The SMILES string of the molecule is COc1cc(C(C)NC(=O)c2cc(C)n(-c3cc(C)on3)c2C)cc(OC)c1OC. The molecule has 1 unspecified atom stereocenters. The Labute approximate surface area is 175 Å². The van der Waals surface area contributed by atoms with Gasteiger partial charge in [0.1, 0.15) is 5.76 Å². The van der Waals surface area contributed by atoms with E-state index in [9.17, 15) is 4.79 Å². The third-order valence-corrected chi connectivity index (χ3v) is 5.06. The van der Waals surface area contributed by atoms with Gasteiger partial charge in [-0.1, -0.05) is 5.16 Å². The number of hydrogen-bond acceptors (Lipinski definition) is 6. The van der Waals surface area contributed by atoms with Gasteiger partial charge in [0.05, 0.1) is 32.9 Å². The van der Waals surface area contributed by atoms with Gasteiger partial charge in [0.2, 0.25) is 5.75 Å². The van der Waals surface area contributed by atoms with Crippen molar-refractivity contribution < 1.29 is 23.5 Å². The minimum atomic E-state index is -0.288. The van der Waals surface area contributed by atoms with Crippen molar-refractivity contribution in [3.05, 3.63) is 52.5 Å². The van der Waals surface area contributed by atoms with Gasteiger partial charge in [-0.05, 0) is 51.5 Å². The second kappa shape index (κ2) is 8.52. The Morgan fingerprint density at radius 3 is 2.17 bits per heavy atom. The number of nitrogens with one attached hydrogen (secondary N) is 1. The zero-order chi connectivity index (χ0) is 22.0. The van der Waals surface area contributed by atoms with E-state index in [2.05, 4.69) is 10.5 Å². The summed E-state index contributed by atoms with van der Waals surface area (Å²) >= 11 is 0. The minimum Gasteiger partial charge on any atom is -0.493 e. The summed E-state index contributed by atoms with van der Waals surface area (Å²) in [5.41, 5.74) is 3.09. The highest BCUT2D eigenvalue weighted by atomic mass is 16.5. The minimum absolute atomic E-state index is 0.184. The van der Waals surface area contributed by atoms with Crippen LogP contribution in [0.25, 0.3) is 5.82 Å². The lowest BCUT2D eigenvalue weighted by molar-refractivity contribution is 0.0939. The number of aromatic nitrogens is 2. The largest absolute Gasteiger partial charge is 0.493 e. The van der Waals surface area contributed by atoms with E-state index in [0.717, 1.165) is 17.0 Å². The Hall–Kier alpha value is -3.42. The molecule has 8 heteroatoms. The zero-order valence-electron chi connectivity index (χ0n) is 18.3. The number of benzene rings is 1. The van der Waals surface area contributed by atoms with Gasteiger partial charge < -0.3 is 24.1 Å². The highest BCUT2D eigenvalue weighted by Gasteiger charge is 2.22. The first-order valence-electron chi connectivity index (χ1n) is 9.54. The van der Waals surface area contributed by atoms with E-state index in [1.54, 1.807) is 21.3 Å². The van der Waals surface area contributed by atoms with Crippen LogP contribution in [0.2, 0.25) is 0 Å². The average Bonchev–Trinajstić information content (AvgIpc) is 3.28. The van der Waals surface area contributed by atoms with Gasteiger partial charge in [-0.25, -0.2) is 0 Å². The summed E-state index contributed by atoms with van der Waals surface area (Å²) in [6.45, 7) is 7.54. The highest BCUT2D eigenvalue weighted by Crippen LogP contribution is 2.39. The summed E-state index contributed by atoms with van der Waals surface area (Å²) in [6.07, 6.45) is 0. The Morgan fingerprint density at radius 2 is 1.67 bits per heavy atom. The van der Waals surface area contributed by atoms with Gasteiger partial charge in [0.15, 0.2) is 17.3 Å². The molecule has 30 heavy (non-hydrogen) atoms. The summed E-state index contributed by atoms with van der Waals surface area (Å²) in [7, 11) is 4.67. The van der Waals surface area contributed by atoms with Crippen LogP contribution in [0.3, 0.4) is 0 Å². The van der Waals surface area contributed by atoms with E-state index in [4.69, 9.17) is 18.7 Å². The first-order chi connectivity index (χ1) is 14.3. The van der Waals surface area contributed by atoms with Crippen molar-refractivity contribution >= 4 is 5.91 Å². The summed E-state index contributed by atoms with van der Waals surface area (Å²) in [5.74, 6) is 2.75. The molecule has 1 aromatic carbocycles. The predicted molar refractivity (Wildman–Crippen MR) is 112 cm³/mol. The smallest absolute Gasteiger partial charge is 0.253 e. The van der Waals surface area contributed by atoms with Crippen LogP contribution < -0.4 is 19.5 Å². The summed E-state index contributed by atoms with van der Waals surface area (Å²) in [6, 6.07) is 7.04. The Morgan fingerprint density at radius 1 is 1.03 bits per heavy atom. The fourth-order valence-electron chi connectivity index (χ4n) is 3.51. The number of carbonyl (C=O) groups excluding carboxylic acids is 1. The van der Waals surface area contributed by atoms with E-state index < -0.39 is 0 Å². The van der Waals surface area contributed by atoms with Crippen LogP contribution in [0.5, 0.6) is 17.2 Å². The van der Waals surface area contributed by atoms with Crippen LogP contribution in [0.15, 0.2) is 28.8 Å². The van der Waals surface area contributed by atoms with Gasteiger partial charge >= 0.3 is 0 Å². The highest BCUT2D eigenvalue weighted by molar-refractivity contribution is 5.96. The van der Waals surface area contributed by atoms with Gasteiger partial charge in [0.25, 0.3) is 5.91 Å². The molecular formula is C22H27N3O5. The Bertz CT molecular complexity index is 1040. The zero-order valence-corrected chi connectivity index (χ0v) is 18.3. The lowest BCUT2D eigenvalue weighted by Gasteiger charge is -2.19. The molecule has 0 radical (unpaired) electrons. The van der Waals surface area contributed by atoms with Crippen LogP contribution in [0.1, 0.15) is 46.0 Å². The van der Waals surface area contributed by atoms with Crippen molar-refractivity contribution in [3.63, 3.8) is 0 Å². The lowest BCUT2D eigenvalue weighted by atomic mass is 10.1. The maximum absolute atomic E-state index is 13.0. The normalized spacial score (nSPS) is 11.8. The third-order valence-electron chi connectivity index (χ3n) is 5.06. The van der Waals surface area contributed by atoms with E-state index in [1.807, 2.05) is 56.5 Å². The number of nitrogens with zero attached hydrogens (tertiary/aromatic N) is 2. The maximum atomic E-state index is 13.0. The standard InChI is InChI=1S/C22H27N3O5/c1-12-8-17(15(4)25(12)20-9-13(2)30-24-20)22(26)23-14(3)16-10-18(27-5)21(29-7)19(11-16)28-6/h8-11,14H,1-7H3,(H,23,26). The summed E-state index contributed by atoms with van der Waals surface area (Å²) in [4.78, 5) is 13.0. The van der Waals surface area contributed by atoms with Crippen molar-refractivity contribution in [2.45, 2.75) is 33.7 Å². The molecule has 1 atom stereocenters. The van der Waals surface area contributed by atoms with E-state index in [-0.39, 0.29) is 11.9 Å². The van der Waals surface area contributed by atoms with Crippen LogP contribution in [0, 0.1) is 20.8 Å². The number of carbonyl (C=O) groups is 1. The molecule has 8 nitrogen and oxygen atoms in total. The second-order valence-corrected chi connectivity index (χ2v) is 7.07. The molecule has 160 valence electrons. The Balaban J connectivity index is 1.88. The molecule has 0 bridgehead atoms. The monoisotopic (exact) mass is 413 g/mol. The molecule has 0 aliphatic carbocycles. The van der Waals surface area contributed by atoms with Crippen molar-refractivity contribution in [2.24, 2.45) is 0 Å². The number of methoxy groups -OCH3 is 3. The maximum Gasteiger partial charge on any atom is 0.253 e. The fraction of sp³-hybridized carbons (Fsp3) is 0.364. The van der Waals surface area contributed by atoms with Crippen LogP contribution in [-0.4, -0.2) is 37.0 Å². The van der Waals surface area contributed by atoms with Crippen LogP contribution in [0.4, 0.5) is 0 Å². The van der Waals surface area contributed by atoms with Crippen molar-refractivity contribution in [2.75, 3.05) is 21.3 Å². The van der Waals surface area contributed by atoms with Gasteiger partial charge in [-0.15, -0.1) is 0 Å². The first-order valence-corrected chi connectivity index (χ1v) is 9.54.